The molecule has 0 aliphatic rings. The van der Waals surface area contributed by atoms with E-state index in [0.717, 1.165) is 12.1 Å². The molecule has 0 spiro atoms. The lowest BCUT2D eigenvalue weighted by Crippen LogP contribution is -2.30. The first-order valence-electron chi connectivity index (χ1n) is 4.27. The number of amides is 1. The molecule has 1 aromatic rings. The molecule has 18 heavy (non-hydrogen) atoms. The van der Waals surface area contributed by atoms with Gasteiger partial charge in [0.2, 0.25) is 0 Å². The van der Waals surface area contributed by atoms with Gasteiger partial charge in [0.1, 0.15) is 5.75 Å². The fourth-order valence-electron chi connectivity index (χ4n) is 1.04. The van der Waals surface area contributed by atoms with E-state index in [1.807, 2.05) is 0 Å². The summed E-state index contributed by atoms with van der Waals surface area (Å²) in [6, 6.07) is 1.58. The molecule has 0 saturated carbocycles. The number of anilines is 1. The Morgan fingerprint density at radius 3 is 2.28 bits per heavy atom. The average molecular weight is 328 g/mol. The van der Waals surface area contributed by atoms with E-state index >= 15 is 0 Å². The van der Waals surface area contributed by atoms with Crippen molar-refractivity contribution < 1.29 is 33.0 Å². The number of alkyl halides is 3. The molecule has 0 fully saturated rings. The minimum Gasteiger partial charge on any atom is -0.507 e. The predicted molar refractivity (Wildman–Crippen MR) is 57.5 cm³/mol. The van der Waals surface area contributed by atoms with Crippen LogP contribution in [0.4, 0.5) is 18.9 Å². The van der Waals surface area contributed by atoms with Crippen LogP contribution in [0.3, 0.4) is 0 Å². The van der Waals surface area contributed by atoms with Gasteiger partial charge in [-0.3, -0.25) is 4.79 Å². The summed E-state index contributed by atoms with van der Waals surface area (Å²) >= 11 is 2.75. The van der Waals surface area contributed by atoms with Gasteiger partial charge in [-0.15, -0.1) is 0 Å². The van der Waals surface area contributed by atoms with E-state index in [-0.39, 0.29) is 4.47 Å². The number of hydrogen-bond acceptors (Lipinski definition) is 3. The molecule has 0 saturated heterocycles. The highest BCUT2D eigenvalue weighted by Crippen LogP contribution is 2.32. The van der Waals surface area contributed by atoms with Crippen molar-refractivity contribution in [2.45, 2.75) is 6.18 Å². The zero-order chi connectivity index (χ0) is 14.1. The molecule has 0 radical (unpaired) electrons. The molecule has 0 aliphatic carbocycles. The second-order valence-corrected chi connectivity index (χ2v) is 3.91. The summed E-state index contributed by atoms with van der Waals surface area (Å²) in [5.41, 5.74) is -0.956. The maximum atomic E-state index is 12.0. The lowest BCUT2D eigenvalue weighted by atomic mass is 10.2. The van der Waals surface area contributed by atoms with Crippen LogP contribution in [-0.4, -0.2) is 28.3 Å². The smallest absolute Gasteiger partial charge is 0.471 e. The Morgan fingerprint density at radius 2 is 1.83 bits per heavy atom. The van der Waals surface area contributed by atoms with Crippen LogP contribution in [0.1, 0.15) is 10.4 Å². The monoisotopic (exact) mass is 327 g/mol. The molecule has 1 rings (SSSR count). The highest BCUT2D eigenvalue weighted by molar-refractivity contribution is 9.10. The van der Waals surface area contributed by atoms with Gasteiger partial charge in [-0.2, -0.15) is 13.2 Å². The number of halogens is 4. The van der Waals surface area contributed by atoms with Gasteiger partial charge in [0.25, 0.3) is 0 Å². The Hall–Kier alpha value is -1.77. The van der Waals surface area contributed by atoms with E-state index in [9.17, 15) is 27.9 Å². The van der Waals surface area contributed by atoms with E-state index in [2.05, 4.69) is 15.9 Å². The number of rotatable bonds is 2. The molecule has 0 heterocycles. The molecule has 0 atom stereocenters. The van der Waals surface area contributed by atoms with Gasteiger partial charge in [0.05, 0.1) is 10.0 Å². The van der Waals surface area contributed by atoms with Crippen molar-refractivity contribution in [3.05, 3.63) is 22.2 Å². The normalized spacial score (nSPS) is 11.1. The van der Waals surface area contributed by atoms with Crippen LogP contribution in [0.5, 0.6) is 5.75 Å². The number of carboxylic acid groups (broad SMARTS) is 1. The average Bonchev–Trinajstić information content (AvgIpc) is 2.21. The third-order valence-corrected chi connectivity index (χ3v) is 2.63. The predicted octanol–water partition coefficient (Wildman–Crippen LogP) is 2.35. The van der Waals surface area contributed by atoms with Gasteiger partial charge in [0, 0.05) is 11.8 Å². The first-order valence-corrected chi connectivity index (χ1v) is 5.06. The Bertz CT molecular complexity index is 515. The maximum Gasteiger partial charge on any atom is 0.471 e. The van der Waals surface area contributed by atoms with Crippen LogP contribution < -0.4 is 5.32 Å². The van der Waals surface area contributed by atoms with Crippen molar-refractivity contribution in [3.63, 3.8) is 0 Å². The molecule has 5 nitrogen and oxygen atoms in total. The summed E-state index contributed by atoms with van der Waals surface area (Å²) in [5, 5.41) is 19.5. The number of benzene rings is 1. The van der Waals surface area contributed by atoms with E-state index in [0.29, 0.717) is 0 Å². The van der Waals surface area contributed by atoms with Gasteiger partial charge < -0.3 is 15.5 Å². The van der Waals surface area contributed by atoms with Gasteiger partial charge in [0.15, 0.2) is 0 Å². The van der Waals surface area contributed by atoms with Crippen LogP contribution >= 0.6 is 15.9 Å². The summed E-state index contributed by atoms with van der Waals surface area (Å²) in [7, 11) is 0. The lowest BCUT2D eigenvalue weighted by Gasteiger charge is -2.10. The summed E-state index contributed by atoms with van der Waals surface area (Å²) < 4.78 is 35.7. The summed E-state index contributed by atoms with van der Waals surface area (Å²) in [6.07, 6.45) is -5.11. The number of aromatic hydroxyl groups is 1. The molecule has 98 valence electrons. The summed E-state index contributed by atoms with van der Waals surface area (Å²) in [6.45, 7) is 0. The van der Waals surface area contributed by atoms with E-state index < -0.39 is 35.1 Å². The molecule has 0 aromatic heterocycles. The van der Waals surface area contributed by atoms with Crippen LogP contribution in [0.25, 0.3) is 0 Å². The minimum absolute atomic E-state index is 0.194. The van der Waals surface area contributed by atoms with E-state index in [4.69, 9.17) is 5.11 Å². The zero-order valence-electron chi connectivity index (χ0n) is 8.38. The number of carbonyl (C=O) groups excluding carboxylic acids is 1. The first kappa shape index (κ1) is 14.3. The van der Waals surface area contributed by atoms with Crippen molar-refractivity contribution in [2.24, 2.45) is 0 Å². The number of carboxylic acids is 1. The molecular weight excluding hydrogens is 323 g/mol. The Balaban J connectivity index is 3.13. The molecule has 9 heteroatoms. The number of aromatic carboxylic acids is 1. The number of phenols is 1. The van der Waals surface area contributed by atoms with Gasteiger partial charge in [-0.25, -0.2) is 4.79 Å². The van der Waals surface area contributed by atoms with Crippen molar-refractivity contribution in [2.75, 3.05) is 5.32 Å². The van der Waals surface area contributed by atoms with Crippen LogP contribution in [0.2, 0.25) is 0 Å². The number of carbonyl (C=O) groups is 2. The van der Waals surface area contributed by atoms with E-state index in [1.165, 1.54) is 5.32 Å². The largest absolute Gasteiger partial charge is 0.507 e. The van der Waals surface area contributed by atoms with Crippen molar-refractivity contribution >= 4 is 33.5 Å². The van der Waals surface area contributed by atoms with Crippen LogP contribution in [0.15, 0.2) is 16.6 Å². The summed E-state index contributed by atoms with van der Waals surface area (Å²) in [5.74, 6) is -4.34. The summed E-state index contributed by atoms with van der Waals surface area (Å²) in [4.78, 5) is 21.4. The topological polar surface area (TPSA) is 86.6 Å². The SMILES string of the molecule is O=C(O)c1cc(NC(=O)C(F)(F)F)cc(O)c1Br. The lowest BCUT2D eigenvalue weighted by molar-refractivity contribution is -0.167. The van der Waals surface area contributed by atoms with Gasteiger partial charge in [-0.1, -0.05) is 0 Å². The van der Waals surface area contributed by atoms with Gasteiger partial charge >= 0.3 is 18.1 Å². The third kappa shape index (κ3) is 3.13. The van der Waals surface area contributed by atoms with Crippen molar-refractivity contribution in [1.82, 2.24) is 0 Å². The molecule has 0 unspecified atom stereocenters. The highest BCUT2D eigenvalue weighted by atomic mass is 79.9. The minimum atomic E-state index is -5.11. The van der Waals surface area contributed by atoms with E-state index in [1.54, 1.807) is 0 Å². The molecule has 0 aliphatic heterocycles. The molecular formula is C9H5BrF3NO4. The zero-order valence-corrected chi connectivity index (χ0v) is 9.96. The molecule has 1 aromatic carbocycles. The quantitative estimate of drug-likeness (QED) is 0.778. The van der Waals surface area contributed by atoms with Gasteiger partial charge in [-0.05, 0) is 22.0 Å². The fraction of sp³-hybridized carbons (Fsp3) is 0.111. The Kier molecular flexibility index (Phi) is 3.85. The van der Waals surface area contributed by atoms with Crippen LogP contribution in [-0.2, 0) is 4.79 Å². The molecule has 1 amide bonds. The Morgan fingerprint density at radius 1 is 1.28 bits per heavy atom. The number of hydrogen-bond donors (Lipinski definition) is 3. The standard InChI is InChI=1S/C9H5BrF3NO4/c10-6-4(7(16)17)1-3(2-5(6)15)14-8(18)9(11,12)13/h1-2,15H,(H,14,18)(H,16,17). The second kappa shape index (κ2) is 4.84. The number of phenolic OH excluding ortho intramolecular Hbond substituents is 1. The van der Waals surface area contributed by atoms with Crippen LogP contribution in [0, 0.1) is 0 Å². The fourth-order valence-corrected chi connectivity index (χ4v) is 1.44. The third-order valence-electron chi connectivity index (χ3n) is 1.80. The highest BCUT2D eigenvalue weighted by Gasteiger charge is 2.38. The first-order chi connectivity index (χ1) is 8.12. The van der Waals surface area contributed by atoms with Crippen molar-refractivity contribution in [3.8, 4) is 5.75 Å². The maximum absolute atomic E-state index is 12.0. The van der Waals surface area contributed by atoms with Crippen molar-refractivity contribution in [1.29, 1.82) is 0 Å². The second-order valence-electron chi connectivity index (χ2n) is 3.11. The molecule has 3 N–H and O–H groups in total. The number of nitrogens with one attached hydrogen (secondary N) is 1. The Labute approximate surface area is 106 Å². The molecule has 0 bridgehead atoms.